The monoisotopic (exact) mass is 311 g/mol. The van der Waals surface area contributed by atoms with Gasteiger partial charge >= 0.3 is 0 Å². The molecule has 2 N–H and O–H groups in total. The lowest BCUT2D eigenvalue weighted by molar-refractivity contribution is 0.248. The first-order valence-electron chi connectivity index (χ1n) is 6.50. The molecule has 0 unspecified atom stereocenters. The molecule has 1 aromatic carbocycles. The fourth-order valence-electron chi connectivity index (χ4n) is 2.85. The Morgan fingerprint density at radius 1 is 1.22 bits per heavy atom. The minimum Gasteiger partial charge on any atom is -0.490 e. The summed E-state index contributed by atoms with van der Waals surface area (Å²) in [5.41, 5.74) is 8.61. The molecule has 1 saturated carbocycles. The normalized spacial score (nSPS) is 21.1. The van der Waals surface area contributed by atoms with Gasteiger partial charge < -0.3 is 15.2 Å². The van der Waals surface area contributed by atoms with Crippen molar-refractivity contribution in [2.24, 2.45) is 5.73 Å². The van der Waals surface area contributed by atoms with Crippen molar-refractivity contribution in [3.8, 4) is 11.5 Å². The number of fused-ring (bicyclic) bond motifs is 1. The second kappa shape index (κ2) is 4.42. The largest absolute Gasteiger partial charge is 0.490 e. The van der Waals surface area contributed by atoms with Crippen molar-refractivity contribution in [3.63, 3.8) is 0 Å². The highest BCUT2D eigenvalue weighted by Crippen LogP contribution is 2.48. The predicted molar refractivity (Wildman–Crippen MR) is 74.2 cm³/mol. The molecule has 4 heteroatoms. The summed E-state index contributed by atoms with van der Waals surface area (Å²) in [5.74, 6) is 1.71. The number of hydrogen-bond acceptors (Lipinski definition) is 3. The Hall–Kier alpha value is -0.740. The molecule has 2 aliphatic rings. The maximum atomic E-state index is 6.47. The summed E-state index contributed by atoms with van der Waals surface area (Å²) in [4.78, 5) is 0. The summed E-state index contributed by atoms with van der Waals surface area (Å²) in [5, 5.41) is 0. The van der Waals surface area contributed by atoms with E-state index in [0.29, 0.717) is 13.2 Å². The van der Waals surface area contributed by atoms with E-state index in [1.54, 1.807) is 0 Å². The average molecular weight is 312 g/mol. The molecule has 3 rings (SSSR count). The van der Waals surface area contributed by atoms with Crippen LogP contribution in [0.1, 0.15) is 36.8 Å². The van der Waals surface area contributed by atoms with Crippen molar-refractivity contribution >= 4 is 15.9 Å². The van der Waals surface area contributed by atoms with E-state index in [9.17, 15) is 0 Å². The summed E-state index contributed by atoms with van der Waals surface area (Å²) in [7, 11) is 0. The summed E-state index contributed by atoms with van der Waals surface area (Å²) in [6.07, 6.45) is 4.23. The van der Waals surface area contributed by atoms with Crippen LogP contribution in [0.2, 0.25) is 0 Å². The van der Waals surface area contributed by atoms with Crippen LogP contribution in [-0.2, 0) is 5.54 Å². The number of rotatable bonds is 1. The quantitative estimate of drug-likeness (QED) is 0.866. The number of hydrogen-bond donors (Lipinski definition) is 1. The highest BCUT2D eigenvalue weighted by Gasteiger charge is 2.38. The van der Waals surface area contributed by atoms with E-state index in [1.165, 1.54) is 12.0 Å². The zero-order valence-electron chi connectivity index (χ0n) is 10.6. The summed E-state index contributed by atoms with van der Waals surface area (Å²) in [6.45, 7) is 3.51. The Labute approximate surface area is 116 Å². The van der Waals surface area contributed by atoms with E-state index >= 15 is 0 Å². The standard InChI is InChI=1S/C14H18BrNO2/c1-9-12(14(16)4-2-5-14)10(15)8-11-13(9)18-7-3-6-17-11/h8H,2-7,16H2,1H3. The second-order valence-electron chi connectivity index (χ2n) is 5.25. The molecular weight excluding hydrogens is 294 g/mol. The predicted octanol–water partition coefficient (Wildman–Crippen LogP) is 3.26. The molecule has 0 spiro atoms. The van der Waals surface area contributed by atoms with Crippen molar-refractivity contribution in [2.45, 2.75) is 38.1 Å². The van der Waals surface area contributed by atoms with Gasteiger partial charge in [0.15, 0.2) is 11.5 Å². The highest BCUT2D eigenvalue weighted by molar-refractivity contribution is 9.10. The van der Waals surface area contributed by atoms with Crippen LogP contribution in [-0.4, -0.2) is 13.2 Å². The molecule has 1 aliphatic heterocycles. The van der Waals surface area contributed by atoms with E-state index in [4.69, 9.17) is 15.2 Å². The van der Waals surface area contributed by atoms with Crippen LogP contribution < -0.4 is 15.2 Å². The van der Waals surface area contributed by atoms with E-state index in [1.807, 2.05) is 6.07 Å². The Kier molecular flexibility index (Phi) is 3.02. The molecule has 18 heavy (non-hydrogen) atoms. The van der Waals surface area contributed by atoms with Gasteiger partial charge in [-0.15, -0.1) is 0 Å². The third-order valence-corrected chi connectivity index (χ3v) is 4.60. The Morgan fingerprint density at radius 2 is 1.94 bits per heavy atom. The molecule has 3 nitrogen and oxygen atoms in total. The third-order valence-electron chi connectivity index (χ3n) is 3.97. The van der Waals surface area contributed by atoms with Crippen LogP contribution in [0.5, 0.6) is 11.5 Å². The fourth-order valence-corrected chi connectivity index (χ4v) is 3.75. The molecule has 1 fully saturated rings. The van der Waals surface area contributed by atoms with Gasteiger partial charge in [-0.2, -0.15) is 0 Å². The van der Waals surface area contributed by atoms with Gasteiger partial charge in [0.1, 0.15) is 0 Å². The minimum absolute atomic E-state index is 0.187. The zero-order chi connectivity index (χ0) is 12.8. The maximum Gasteiger partial charge on any atom is 0.164 e. The molecule has 1 heterocycles. The summed E-state index contributed by atoms with van der Waals surface area (Å²) < 4.78 is 12.6. The van der Waals surface area contributed by atoms with Gasteiger partial charge in [0.25, 0.3) is 0 Å². The molecule has 0 atom stereocenters. The minimum atomic E-state index is -0.187. The molecule has 98 valence electrons. The Bertz CT molecular complexity index is 483. The van der Waals surface area contributed by atoms with Crippen LogP contribution in [0, 0.1) is 6.92 Å². The van der Waals surface area contributed by atoms with Gasteiger partial charge in [0.2, 0.25) is 0 Å². The molecule has 0 bridgehead atoms. The van der Waals surface area contributed by atoms with Crippen molar-refractivity contribution in [1.29, 1.82) is 0 Å². The number of ether oxygens (including phenoxy) is 2. The second-order valence-corrected chi connectivity index (χ2v) is 6.10. The molecule has 0 radical (unpaired) electrons. The van der Waals surface area contributed by atoms with Crippen molar-refractivity contribution in [3.05, 3.63) is 21.7 Å². The Balaban J connectivity index is 2.13. The topological polar surface area (TPSA) is 44.5 Å². The van der Waals surface area contributed by atoms with Crippen LogP contribution in [0.3, 0.4) is 0 Å². The van der Waals surface area contributed by atoms with E-state index in [2.05, 4.69) is 22.9 Å². The third kappa shape index (κ3) is 1.82. The van der Waals surface area contributed by atoms with Crippen molar-refractivity contribution < 1.29 is 9.47 Å². The fraction of sp³-hybridized carbons (Fsp3) is 0.571. The van der Waals surface area contributed by atoms with Crippen molar-refractivity contribution in [1.82, 2.24) is 0 Å². The molecule has 0 amide bonds. The first-order valence-corrected chi connectivity index (χ1v) is 7.29. The molecule has 0 saturated heterocycles. The van der Waals surface area contributed by atoms with Crippen LogP contribution in [0.15, 0.2) is 10.5 Å². The first kappa shape index (κ1) is 12.3. The lowest BCUT2D eigenvalue weighted by Gasteiger charge is -2.40. The van der Waals surface area contributed by atoms with E-state index < -0.39 is 0 Å². The highest BCUT2D eigenvalue weighted by atomic mass is 79.9. The van der Waals surface area contributed by atoms with Gasteiger partial charge in [0.05, 0.1) is 13.2 Å². The molecule has 1 aromatic rings. The Morgan fingerprint density at radius 3 is 2.61 bits per heavy atom. The summed E-state index contributed by atoms with van der Waals surface area (Å²) in [6, 6.07) is 2.01. The van der Waals surface area contributed by atoms with Gasteiger partial charge in [-0.25, -0.2) is 0 Å². The smallest absolute Gasteiger partial charge is 0.164 e. The SMILES string of the molecule is Cc1c2c(cc(Br)c1C1(N)CCC1)OCCCO2. The van der Waals surface area contributed by atoms with Gasteiger partial charge in [-0.3, -0.25) is 0 Å². The molecule has 1 aliphatic carbocycles. The number of benzene rings is 1. The number of nitrogens with two attached hydrogens (primary N) is 1. The average Bonchev–Trinajstić information content (AvgIpc) is 2.52. The van der Waals surface area contributed by atoms with E-state index in [-0.39, 0.29) is 5.54 Å². The van der Waals surface area contributed by atoms with Gasteiger partial charge in [-0.05, 0) is 37.8 Å². The number of halogens is 1. The first-order chi connectivity index (χ1) is 8.62. The van der Waals surface area contributed by atoms with Crippen LogP contribution in [0.25, 0.3) is 0 Å². The lowest BCUT2D eigenvalue weighted by Crippen LogP contribution is -2.44. The summed E-state index contributed by atoms with van der Waals surface area (Å²) >= 11 is 3.65. The van der Waals surface area contributed by atoms with Crippen LogP contribution in [0.4, 0.5) is 0 Å². The maximum absolute atomic E-state index is 6.47. The zero-order valence-corrected chi connectivity index (χ0v) is 12.2. The molecule has 0 aromatic heterocycles. The molecular formula is C14H18BrNO2. The van der Waals surface area contributed by atoms with Crippen molar-refractivity contribution in [2.75, 3.05) is 13.2 Å². The van der Waals surface area contributed by atoms with E-state index in [0.717, 1.165) is 40.8 Å². The van der Waals surface area contributed by atoms with Gasteiger partial charge in [-0.1, -0.05) is 15.9 Å². The lowest BCUT2D eigenvalue weighted by atomic mass is 9.71. The van der Waals surface area contributed by atoms with Crippen LogP contribution >= 0.6 is 15.9 Å². The van der Waals surface area contributed by atoms with Gasteiger partial charge in [0, 0.05) is 22.0 Å².